The van der Waals surface area contributed by atoms with Crippen molar-refractivity contribution in [2.45, 2.75) is 59.5 Å². The number of hydrogen-bond acceptors (Lipinski definition) is 2. The molecular formula is C12H25NO2. The van der Waals surface area contributed by atoms with Crippen molar-refractivity contribution in [2.75, 3.05) is 6.54 Å². The van der Waals surface area contributed by atoms with Crippen molar-refractivity contribution in [1.29, 1.82) is 0 Å². The monoisotopic (exact) mass is 215 g/mol. The molecule has 1 N–H and O–H groups in total. The molecule has 1 amide bonds. The largest absolute Gasteiger partial charge is 0.444 e. The molecule has 0 bridgehead atoms. The van der Waals surface area contributed by atoms with E-state index in [4.69, 9.17) is 4.74 Å². The van der Waals surface area contributed by atoms with Gasteiger partial charge in [0.15, 0.2) is 0 Å². The minimum absolute atomic E-state index is 0.313. The predicted octanol–water partition coefficient (Wildman–Crippen LogP) is 3.34. The second-order valence-electron chi connectivity index (χ2n) is 5.32. The van der Waals surface area contributed by atoms with Gasteiger partial charge in [-0.1, -0.05) is 26.7 Å². The van der Waals surface area contributed by atoms with E-state index in [1.54, 1.807) is 0 Å². The summed E-state index contributed by atoms with van der Waals surface area (Å²) < 4.78 is 5.12. The lowest BCUT2D eigenvalue weighted by Crippen LogP contribution is -2.33. The minimum atomic E-state index is -0.401. The maximum absolute atomic E-state index is 11.2. The zero-order valence-corrected chi connectivity index (χ0v) is 10.7. The van der Waals surface area contributed by atoms with E-state index in [9.17, 15) is 4.79 Å². The number of nitrogens with one attached hydrogen (secondary N) is 1. The first-order valence-corrected chi connectivity index (χ1v) is 5.78. The van der Waals surface area contributed by atoms with Crippen LogP contribution >= 0.6 is 0 Å². The Bertz CT molecular complexity index is 183. The van der Waals surface area contributed by atoms with E-state index in [-0.39, 0.29) is 6.09 Å². The molecule has 3 heteroatoms. The van der Waals surface area contributed by atoms with Crippen LogP contribution in [0.25, 0.3) is 0 Å². The highest BCUT2D eigenvalue weighted by atomic mass is 16.6. The number of rotatable bonds is 5. The summed E-state index contributed by atoms with van der Waals surface area (Å²) in [5.74, 6) is 0.742. The highest BCUT2D eigenvalue weighted by Crippen LogP contribution is 2.07. The molecule has 3 nitrogen and oxygen atoms in total. The lowest BCUT2D eigenvalue weighted by Gasteiger charge is -2.19. The molecule has 0 rings (SSSR count). The molecule has 0 aliphatic heterocycles. The number of amides is 1. The van der Waals surface area contributed by atoms with Crippen molar-refractivity contribution >= 4 is 6.09 Å². The van der Waals surface area contributed by atoms with Gasteiger partial charge >= 0.3 is 6.09 Å². The van der Waals surface area contributed by atoms with Crippen LogP contribution in [-0.4, -0.2) is 18.2 Å². The Labute approximate surface area is 93.6 Å². The zero-order valence-electron chi connectivity index (χ0n) is 10.7. The van der Waals surface area contributed by atoms with Crippen molar-refractivity contribution in [2.24, 2.45) is 5.92 Å². The standard InChI is InChI=1S/C12H25NO2/c1-10(2)8-6-7-9-13-11(14)15-12(3,4)5/h10H,6-9H2,1-5H3,(H,13,14). The van der Waals surface area contributed by atoms with Crippen LogP contribution in [0.1, 0.15) is 53.9 Å². The Morgan fingerprint density at radius 1 is 1.27 bits per heavy atom. The fourth-order valence-electron chi connectivity index (χ4n) is 1.18. The van der Waals surface area contributed by atoms with E-state index in [2.05, 4.69) is 19.2 Å². The van der Waals surface area contributed by atoms with Gasteiger partial charge in [-0.2, -0.15) is 0 Å². The van der Waals surface area contributed by atoms with E-state index in [1.807, 2.05) is 20.8 Å². The van der Waals surface area contributed by atoms with Gasteiger partial charge in [0.25, 0.3) is 0 Å². The maximum atomic E-state index is 11.2. The molecule has 0 aliphatic rings. The summed E-state index contributed by atoms with van der Waals surface area (Å²) in [6.45, 7) is 10.7. The number of ether oxygens (including phenoxy) is 1. The van der Waals surface area contributed by atoms with Crippen LogP contribution in [-0.2, 0) is 4.74 Å². The average molecular weight is 215 g/mol. The van der Waals surface area contributed by atoms with Crippen LogP contribution in [0.4, 0.5) is 4.79 Å². The van der Waals surface area contributed by atoms with Gasteiger partial charge in [-0.05, 0) is 33.1 Å². The topological polar surface area (TPSA) is 38.3 Å². The summed E-state index contributed by atoms with van der Waals surface area (Å²) in [5.41, 5.74) is -0.401. The Balaban J connectivity index is 3.40. The van der Waals surface area contributed by atoms with Crippen molar-refractivity contribution in [3.05, 3.63) is 0 Å². The van der Waals surface area contributed by atoms with Crippen LogP contribution in [0.15, 0.2) is 0 Å². The molecule has 0 radical (unpaired) electrons. The van der Waals surface area contributed by atoms with Crippen LogP contribution in [0.3, 0.4) is 0 Å². The molecule has 0 aromatic heterocycles. The highest BCUT2D eigenvalue weighted by Gasteiger charge is 2.15. The summed E-state index contributed by atoms with van der Waals surface area (Å²) in [6.07, 6.45) is 3.09. The van der Waals surface area contributed by atoms with E-state index in [0.717, 1.165) is 18.8 Å². The third kappa shape index (κ3) is 11.2. The molecule has 0 aliphatic carbocycles. The second-order valence-corrected chi connectivity index (χ2v) is 5.32. The molecule has 0 aromatic rings. The van der Waals surface area contributed by atoms with Gasteiger partial charge in [0.1, 0.15) is 5.60 Å². The fraction of sp³-hybridized carbons (Fsp3) is 0.917. The van der Waals surface area contributed by atoms with Crippen LogP contribution in [0.5, 0.6) is 0 Å². The summed E-state index contributed by atoms with van der Waals surface area (Å²) in [4.78, 5) is 11.2. The molecule has 0 heterocycles. The minimum Gasteiger partial charge on any atom is -0.444 e. The number of carbonyl (C=O) groups is 1. The van der Waals surface area contributed by atoms with Crippen molar-refractivity contribution in [3.63, 3.8) is 0 Å². The Kier molecular flexibility index (Phi) is 6.37. The summed E-state index contributed by atoms with van der Waals surface area (Å²) in [7, 11) is 0. The molecule has 0 spiro atoms. The van der Waals surface area contributed by atoms with Crippen LogP contribution in [0, 0.1) is 5.92 Å². The molecule has 0 unspecified atom stereocenters. The summed E-state index contributed by atoms with van der Waals surface area (Å²) in [6, 6.07) is 0. The SMILES string of the molecule is CC(C)CCCCNC(=O)OC(C)(C)C. The second kappa shape index (κ2) is 6.70. The van der Waals surface area contributed by atoms with Gasteiger partial charge < -0.3 is 10.1 Å². The Morgan fingerprint density at radius 3 is 2.33 bits per heavy atom. The van der Waals surface area contributed by atoms with E-state index < -0.39 is 5.60 Å². The van der Waals surface area contributed by atoms with Crippen LogP contribution in [0.2, 0.25) is 0 Å². The highest BCUT2D eigenvalue weighted by molar-refractivity contribution is 5.67. The third-order valence-corrected chi connectivity index (χ3v) is 1.88. The quantitative estimate of drug-likeness (QED) is 0.714. The smallest absolute Gasteiger partial charge is 0.407 e. The van der Waals surface area contributed by atoms with Crippen LogP contribution < -0.4 is 5.32 Å². The third-order valence-electron chi connectivity index (χ3n) is 1.88. The normalized spacial score (nSPS) is 11.6. The van der Waals surface area contributed by atoms with Gasteiger partial charge in [0, 0.05) is 6.54 Å². The first-order chi connectivity index (χ1) is 6.81. The molecule has 0 atom stereocenters. The lowest BCUT2D eigenvalue weighted by molar-refractivity contribution is 0.0527. The van der Waals surface area contributed by atoms with Crippen molar-refractivity contribution in [3.8, 4) is 0 Å². The molecule has 0 saturated heterocycles. The lowest BCUT2D eigenvalue weighted by atomic mass is 10.1. The van der Waals surface area contributed by atoms with Gasteiger partial charge in [-0.15, -0.1) is 0 Å². The molecule has 15 heavy (non-hydrogen) atoms. The number of unbranched alkanes of at least 4 members (excludes halogenated alkanes) is 1. The maximum Gasteiger partial charge on any atom is 0.407 e. The van der Waals surface area contributed by atoms with Gasteiger partial charge in [-0.25, -0.2) is 4.79 Å². The summed E-state index contributed by atoms with van der Waals surface area (Å²) in [5, 5.41) is 2.75. The first kappa shape index (κ1) is 14.3. The number of alkyl carbamates (subject to hydrolysis) is 1. The van der Waals surface area contributed by atoms with Crippen molar-refractivity contribution < 1.29 is 9.53 Å². The average Bonchev–Trinajstić information content (AvgIpc) is 1.99. The van der Waals surface area contributed by atoms with Gasteiger partial charge in [0.2, 0.25) is 0 Å². The van der Waals surface area contributed by atoms with Crippen molar-refractivity contribution in [1.82, 2.24) is 5.32 Å². The Hall–Kier alpha value is -0.730. The fourth-order valence-corrected chi connectivity index (χ4v) is 1.18. The van der Waals surface area contributed by atoms with Gasteiger partial charge in [-0.3, -0.25) is 0 Å². The molecular weight excluding hydrogens is 190 g/mol. The predicted molar refractivity (Wildman–Crippen MR) is 62.9 cm³/mol. The first-order valence-electron chi connectivity index (χ1n) is 5.78. The van der Waals surface area contributed by atoms with E-state index >= 15 is 0 Å². The summed E-state index contributed by atoms with van der Waals surface area (Å²) >= 11 is 0. The molecule has 90 valence electrons. The zero-order chi connectivity index (χ0) is 11.9. The number of carbonyl (C=O) groups excluding carboxylic acids is 1. The van der Waals surface area contributed by atoms with E-state index in [0.29, 0.717) is 6.54 Å². The molecule has 0 saturated carbocycles. The molecule has 0 aromatic carbocycles. The van der Waals surface area contributed by atoms with E-state index in [1.165, 1.54) is 6.42 Å². The number of hydrogen-bond donors (Lipinski definition) is 1. The molecule has 0 fully saturated rings. The Morgan fingerprint density at radius 2 is 1.87 bits per heavy atom. The van der Waals surface area contributed by atoms with Gasteiger partial charge in [0.05, 0.1) is 0 Å².